The van der Waals surface area contributed by atoms with E-state index in [0.717, 1.165) is 30.3 Å². The number of halogens is 1. The number of carbonyl (C=O) groups is 1. The third-order valence-corrected chi connectivity index (χ3v) is 2.85. The molecule has 0 N–H and O–H groups in total. The van der Waals surface area contributed by atoms with E-state index in [1.54, 1.807) is 0 Å². The second-order valence-corrected chi connectivity index (χ2v) is 4.33. The molecule has 0 bridgehead atoms. The molecule has 3 nitrogen and oxygen atoms in total. The molecular formula is C11H17BrN2O. The van der Waals surface area contributed by atoms with Gasteiger partial charge in [-0.25, -0.2) is 0 Å². The third kappa shape index (κ3) is 4.60. The van der Waals surface area contributed by atoms with Crippen molar-refractivity contribution in [1.82, 2.24) is 9.78 Å². The maximum Gasteiger partial charge on any atom is 0.133 e. The minimum atomic E-state index is 0.346. The first-order valence-electron chi connectivity index (χ1n) is 5.35. The van der Waals surface area contributed by atoms with Crippen molar-refractivity contribution in [3.63, 3.8) is 0 Å². The molecule has 0 aliphatic heterocycles. The van der Waals surface area contributed by atoms with Crippen molar-refractivity contribution in [1.29, 1.82) is 0 Å². The lowest BCUT2D eigenvalue weighted by Crippen LogP contribution is -2.00. The van der Waals surface area contributed by atoms with Gasteiger partial charge in [0.1, 0.15) is 5.78 Å². The van der Waals surface area contributed by atoms with E-state index in [0.29, 0.717) is 18.6 Å². The van der Waals surface area contributed by atoms with Crippen LogP contribution in [0.4, 0.5) is 0 Å². The minimum Gasteiger partial charge on any atom is -0.300 e. The quantitative estimate of drug-likeness (QED) is 0.716. The van der Waals surface area contributed by atoms with E-state index in [1.807, 2.05) is 17.1 Å². The summed E-state index contributed by atoms with van der Waals surface area (Å²) in [6, 6.07) is 0. The van der Waals surface area contributed by atoms with Gasteiger partial charge >= 0.3 is 0 Å². The van der Waals surface area contributed by atoms with Crippen LogP contribution < -0.4 is 0 Å². The number of hydrogen-bond acceptors (Lipinski definition) is 2. The highest BCUT2D eigenvalue weighted by Crippen LogP contribution is 2.05. The first-order valence-corrected chi connectivity index (χ1v) is 6.47. The molecule has 84 valence electrons. The van der Waals surface area contributed by atoms with Gasteiger partial charge in [0.05, 0.1) is 6.20 Å². The lowest BCUT2D eigenvalue weighted by atomic mass is 10.1. The molecule has 4 heteroatoms. The van der Waals surface area contributed by atoms with Gasteiger partial charge in [-0.05, 0) is 25.3 Å². The van der Waals surface area contributed by atoms with Gasteiger partial charge in [-0.1, -0.05) is 15.9 Å². The number of rotatable bonds is 7. The highest BCUT2D eigenvalue weighted by atomic mass is 79.9. The number of Topliss-reactive ketones (excluding diaryl/α,β-unsaturated/α-hetero) is 1. The Labute approximate surface area is 99.0 Å². The van der Waals surface area contributed by atoms with E-state index in [1.165, 1.54) is 0 Å². The molecule has 0 saturated heterocycles. The van der Waals surface area contributed by atoms with Crippen molar-refractivity contribution >= 4 is 21.7 Å². The van der Waals surface area contributed by atoms with Crippen molar-refractivity contribution < 1.29 is 4.79 Å². The molecule has 0 unspecified atom stereocenters. The van der Waals surface area contributed by atoms with Crippen LogP contribution in [-0.2, 0) is 17.8 Å². The van der Waals surface area contributed by atoms with Gasteiger partial charge in [-0.3, -0.25) is 9.48 Å². The summed E-state index contributed by atoms with van der Waals surface area (Å²) in [5.74, 6) is 0.346. The van der Waals surface area contributed by atoms with E-state index in [-0.39, 0.29) is 0 Å². The molecule has 1 heterocycles. The van der Waals surface area contributed by atoms with Gasteiger partial charge < -0.3 is 0 Å². The standard InChI is InChI=1S/C11H17BrN2O/c1-2-14-9-10(8-13-14)5-6-11(15)4-3-7-12/h8-9H,2-7H2,1H3. The first-order chi connectivity index (χ1) is 7.26. The lowest BCUT2D eigenvalue weighted by Gasteiger charge is -1.97. The van der Waals surface area contributed by atoms with E-state index in [2.05, 4.69) is 28.0 Å². The van der Waals surface area contributed by atoms with Crippen molar-refractivity contribution in [2.24, 2.45) is 0 Å². The Hall–Kier alpha value is -0.640. The Morgan fingerprint density at radius 1 is 1.53 bits per heavy atom. The average molecular weight is 273 g/mol. The predicted molar refractivity (Wildman–Crippen MR) is 64.3 cm³/mol. The van der Waals surface area contributed by atoms with E-state index in [4.69, 9.17) is 0 Å². The number of carbonyl (C=O) groups excluding carboxylic acids is 1. The first kappa shape index (κ1) is 12.4. The van der Waals surface area contributed by atoms with Gasteiger partial charge in [0, 0.05) is 30.9 Å². The molecule has 0 saturated carbocycles. The number of aromatic nitrogens is 2. The second kappa shape index (κ2) is 6.77. The second-order valence-electron chi connectivity index (χ2n) is 3.54. The van der Waals surface area contributed by atoms with Crippen molar-refractivity contribution in [2.75, 3.05) is 5.33 Å². The van der Waals surface area contributed by atoms with Crippen LogP contribution in [0, 0.1) is 0 Å². The molecule has 0 aliphatic carbocycles. The number of hydrogen-bond donors (Lipinski definition) is 0. The van der Waals surface area contributed by atoms with Crippen LogP contribution in [0.15, 0.2) is 12.4 Å². The van der Waals surface area contributed by atoms with Crippen LogP contribution in [0.5, 0.6) is 0 Å². The molecular weight excluding hydrogens is 256 g/mol. The number of aryl methyl sites for hydroxylation is 2. The predicted octanol–water partition coefficient (Wildman–Crippen LogP) is 2.58. The van der Waals surface area contributed by atoms with Gasteiger partial charge in [0.2, 0.25) is 0 Å². The summed E-state index contributed by atoms with van der Waals surface area (Å²) < 4.78 is 1.89. The maximum atomic E-state index is 11.4. The molecule has 15 heavy (non-hydrogen) atoms. The monoisotopic (exact) mass is 272 g/mol. The summed E-state index contributed by atoms with van der Waals surface area (Å²) in [6.45, 7) is 2.94. The third-order valence-electron chi connectivity index (χ3n) is 2.29. The molecule has 0 amide bonds. The largest absolute Gasteiger partial charge is 0.300 e. The Morgan fingerprint density at radius 3 is 2.93 bits per heavy atom. The van der Waals surface area contributed by atoms with Crippen LogP contribution in [0.1, 0.15) is 31.7 Å². The topological polar surface area (TPSA) is 34.9 Å². The molecule has 1 aromatic rings. The average Bonchev–Trinajstić information content (AvgIpc) is 2.71. The smallest absolute Gasteiger partial charge is 0.133 e. The fourth-order valence-electron chi connectivity index (χ4n) is 1.38. The lowest BCUT2D eigenvalue weighted by molar-refractivity contribution is -0.119. The summed E-state index contributed by atoms with van der Waals surface area (Å²) in [5, 5.41) is 5.08. The van der Waals surface area contributed by atoms with E-state index in [9.17, 15) is 4.79 Å². The number of nitrogens with zero attached hydrogens (tertiary/aromatic N) is 2. The van der Waals surface area contributed by atoms with Crippen molar-refractivity contribution in [3.05, 3.63) is 18.0 Å². The summed E-state index contributed by atoms with van der Waals surface area (Å²) in [4.78, 5) is 11.4. The van der Waals surface area contributed by atoms with Gasteiger partial charge in [0.25, 0.3) is 0 Å². The fraction of sp³-hybridized carbons (Fsp3) is 0.636. The van der Waals surface area contributed by atoms with Crippen molar-refractivity contribution in [3.8, 4) is 0 Å². The van der Waals surface area contributed by atoms with E-state index >= 15 is 0 Å². The fourth-order valence-corrected chi connectivity index (χ4v) is 1.66. The summed E-state index contributed by atoms with van der Waals surface area (Å²) in [5.41, 5.74) is 1.16. The van der Waals surface area contributed by atoms with Crippen LogP contribution in [-0.4, -0.2) is 20.9 Å². The molecule has 0 fully saturated rings. The zero-order valence-electron chi connectivity index (χ0n) is 9.08. The molecule has 1 aromatic heterocycles. The molecule has 1 rings (SSSR count). The zero-order chi connectivity index (χ0) is 11.1. The van der Waals surface area contributed by atoms with Crippen LogP contribution in [0.3, 0.4) is 0 Å². The summed E-state index contributed by atoms with van der Waals surface area (Å²) in [7, 11) is 0. The van der Waals surface area contributed by atoms with Crippen LogP contribution >= 0.6 is 15.9 Å². The number of ketones is 1. The van der Waals surface area contributed by atoms with Crippen LogP contribution in [0.25, 0.3) is 0 Å². The summed E-state index contributed by atoms with van der Waals surface area (Å²) >= 11 is 3.32. The zero-order valence-corrected chi connectivity index (χ0v) is 10.7. The molecule has 0 atom stereocenters. The van der Waals surface area contributed by atoms with Gasteiger partial charge in [0.15, 0.2) is 0 Å². The Balaban J connectivity index is 2.27. The highest BCUT2D eigenvalue weighted by molar-refractivity contribution is 9.09. The van der Waals surface area contributed by atoms with Crippen molar-refractivity contribution in [2.45, 2.75) is 39.2 Å². The molecule has 0 aromatic carbocycles. The molecule has 0 aliphatic rings. The Kier molecular flexibility index (Phi) is 5.61. The number of alkyl halides is 1. The highest BCUT2D eigenvalue weighted by Gasteiger charge is 2.03. The molecule has 0 radical (unpaired) electrons. The van der Waals surface area contributed by atoms with Gasteiger partial charge in [-0.15, -0.1) is 0 Å². The summed E-state index contributed by atoms with van der Waals surface area (Å²) in [6.07, 6.45) is 6.95. The van der Waals surface area contributed by atoms with Crippen LogP contribution in [0.2, 0.25) is 0 Å². The van der Waals surface area contributed by atoms with E-state index < -0.39 is 0 Å². The Morgan fingerprint density at radius 2 is 2.33 bits per heavy atom. The SMILES string of the molecule is CCn1cc(CCC(=O)CCCBr)cn1. The normalized spacial score (nSPS) is 10.5. The Bertz CT molecular complexity index is 309. The van der Waals surface area contributed by atoms with Gasteiger partial charge in [-0.2, -0.15) is 5.10 Å². The molecule has 0 spiro atoms. The minimum absolute atomic E-state index is 0.346. The maximum absolute atomic E-state index is 11.4.